The summed E-state index contributed by atoms with van der Waals surface area (Å²) in [6.07, 6.45) is 9.01. The Morgan fingerprint density at radius 1 is 1.05 bits per heavy atom. The van der Waals surface area contributed by atoms with Gasteiger partial charge in [0.2, 0.25) is 0 Å². The fraction of sp³-hybridized carbons (Fsp3) is 0.412. The first-order valence-corrected chi connectivity index (χ1v) is 7.49. The van der Waals surface area contributed by atoms with Gasteiger partial charge in [-0.1, -0.05) is 37.8 Å². The zero-order valence-electron chi connectivity index (χ0n) is 11.6. The van der Waals surface area contributed by atoms with Crippen LogP contribution in [0.3, 0.4) is 0 Å². The Labute approximate surface area is 119 Å². The summed E-state index contributed by atoms with van der Waals surface area (Å²) in [5, 5.41) is 4.13. The monoisotopic (exact) mass is 268 g/mol. The molecule has 1 amide bonds. The van der Waals surface area contributed by atoms with Crippen LogP contribution in [0.25, 0.3) is 10.9 Å². The summed E-state index contributed by atoms with van der Waals surface area (Å²) < 4.78 is 0. The van der Waals surface area contributed by atoms with Gasteiger partial charge in [-0.2, -0.15) is 0 Å². The van der Waals surface area contributed by atoms with E-state index < -0.39 is 0 Å². The van der Waals surface area contributed by atoms with E-state index in [0.29, 0.717) is 6.04 Å². The molecule has 2 aromatic rings. The van der Waals surface area contributed by atoms with Gasteiger partial charge < -0.3 is 5.32 Å². The summed E-state index contributed by atoms with van der Waals surface area (Å²) in [6.45, 7) is 0. The van der Waals surface area contributed by atoms with Gasteiger partial charge in [-0.15, -0.1) is 0 Å². The fourth-order valence-corrected chi connectivity index (χ4v) is 2.99. The molecule has 1 saturated carbocycles. The van der Waals surface area contributed by atoms with Crippen molar-refractivity contribution < 1.29 is 4.79 Å². The van der Waals surface area contributed by atoms with Crippen molar-refractivity contribution in [1.29, 1.82) is 0 Å². The second-order valence-corrected chi connectivity index (χ2v) is 5.54. The summed E-state index contributed by atoms with van der Waals surface area (Å²) in [6, 6.07) is 9.90. The molecule has 0 atom stereocenters. The molecule has 0 spiro atoms. The fourth-order valence-electron chi connectivity index (χ4n) is 2.99. The van der Waals surface area contributed by atoms with Gasteiger partial charge in [0.15, 0.2) is 0 Å². The van der Waals surface area contributed by atoms with Gasteiger partial charge in [0.25, 0.3) is 5.91 Å². The van der Waals surface area contributed by atoms with Crippen LogP contribution in [-0.4, -0.2) is 16.9 Å². The standard InChI is InChI=1S/C17H20N2O/c20-17(19-13-7-3-1-2-4-8-13)15-9-5-11-16-14(15)10-6-12-18-16/h5-6,9-13H,1-4,7-8H2,(H,19,20). The number of pyridine rings is 1. The van der Waals surface area contributed by atoms with Crippen molar-refractivity contribution in [3.05, 3.63) is 42.1 Å². The van der Waals surface area contributed by atoms with Crippen molar-refractivity contribution in [3.8, 4) is 0 Å². The van der Waals surface area contributed by atoms with Crippen molar-refractivity contribution >= 4 is 16.8 Å². The maximum Gasteiger partial charge on any atom is 0.252 e. The third-order valence-electron chi connectivity index (χ3n) is 4.08. The van der Waals surface area contributed by atoms with Crippen LogP contribution in [0.4, 0.5) is 0 Å². The summed E-state index contributed by atoms with van der Waals surface area (Å²) in [7, 11) is 0. The molecule has 0 aliphatic heterocycles. The third kappa shape index (κ3) is 2.82. The molecule has 1 N–H and O–H groups in total. The van der Waals surface area contributed by atoms with E-state index in [-0.39, 0.29) is 5.91 Å². The molecule has 104 valence electrons. The van der Waals surface area contributed by atoms with Crippen molar-refractivity contribution in [2.24, 2.45) is 0 Å². The Morgan fingerprint density at radius 2 is 1.85 bits per heavy atom. The van der Waals surface area contributed by atoms with E-state index in [2.05, 4.69) is 10.3 Å². The number of fused-ring (bicyclic) bond motifs is 1. The first-order valence-electron chi connectivity index (χ1n) is 7.49. The summed E-state index contributed by atoms with van der Waals surface area (Å²) in [5.74, 6) is 0.0375. The van der Waals surface area contributed by atoms with Gasteiger partial charge in [-0.05, 0) is 31.0 Å². The molecule has 1 heterocycles. The number of hydrogen-bond donors (Lipinski definition) is 1. The summed E-state index contributed by atoms with van der Waals surface area (Å²) >= 11 is 0. The SMILES string of the molecule is O=C(NC1CCCCCC1)c1cccc2ncccc12. The summed E-state index contributed by atoms with van der Waals surface area (Å²) in [4.78, 5) is 16.8. The number of nitrogens with zero attached hydrogens (tertiary/aromatic N) is 1. The molecule has 20 heavy (non-hydrogen) atoms. The summed E-state index contributed by atoms with van der Waals surface area (Å²) in [5.41, 5.74) is 1.61. The van der Waals surface area contributed by atoms with Gasteiger partial charge in [-0.3, -0.25) is 9.78 Å². The van der Waals surface area contributed by atoms with Gasteiger partial charge >= 0.3 is 0 Å². The Bertz CT molecular complexity index is 595. The molecule has 1 aromatic carbocycles. The van der Waals surface area contributed by atoms with E-state index in [9.17, 15) is 4.79 Å². The molecule has 1 aliphatic rings. The molecule has 3 rings (SSSR count). The van der Waals surface area contributed by atoms with Crippen LogP contribution in [0.1, 0.15) is 48.9 Å². The van der Waals surface area contributed by atoms with Crippen LogP contribution in [0, 0.1) is 0 Å². The molecule has 3 heteroatoms. The van der Waals surface area contributed by atoms with E-state index in [0.717, 1.165) is 29.3 Å². The maximum atomic E-state index is 12.5. The van der Waals surface area contributed by atoms with Crippen LogP contribution in [-0.2, 0) is 0 Å². The van der Waals surface area contributed by atoms with E-state index in [1.807, 2.05) is 30.3 Å². The molecule has 1 aromatic heterocycles. The zero-order valence-corrected chi connectivity index (χ0v) is 11.6. The van der Waals surface area contributed by atoms with E-state index in [1.54, 1.807) is 6.20 Å². The lowest BCUT2D eigenvalue weighted by Crippen LogP contribution is -2.34. The number of aromatic nitrogens is 1. The van der Waals surface area contributed by atoms with Crippen molar-refractivity contribution in [1.82, 2.24) is 10.3 Å². The van der Waals surface area contributed by atoms with Crippen LogP contribution < -0.4 is 5.32 Å². The predicted molar refractivity (Wildman–Crippen MR) is 80.7 cm³/mol. The number of hydrogen-bond acceptors (Lipinski definition) is 2. The predicted octanol–water partition coefficient (Wildman–Crippen LogP) is 3.69. The van der Waals surface area contributed by atoms with Gasteiger partial charge in [0.05, 0.1) is 5.52 Å². The lowest BCUT2D eigenvalue weighted by atomic mass is 10.1. The molecular formula is C17H20N2O. The van der Waals surface area contributed by atoms with Crippen LogP contribution in [0.2, 0.25) is 0 Å². The van der Waals surface area contributed by atoms with Crippen LogP contribution in [0.5, 0.6) is 0 Å². The number of amides is 1. The number of rotatable bonds is 2. The number of nitrogens with one attached hydrogen (secondary N) is 1. The first kappa shape index (κ1) is 13.1. The number of carbonyl (C=O) groups excluding carboxylic acids is 1. The molecule has 0 unspecified atom stereocenters. The molecular weight excluding hydrogens is 248 g/mol. The molecule has 1 aliphatic carbocycles. The highest BCUT2D eigenvalue weighted by Crippen LogP contribution is 2.20. The smallest absolute Gasteiger partial charge is 0.252 e. The number of carbonyl (C=O) groups is 1. The highest BCUT2D eigenvalue weighted by atomic mass is 16.1. The van der Waals surface area contributed by atoms with Crippen molar-refractivity contribution in [3.63, 3.8) is 0 Å². The van der Waals surface area contributed by atoms with Gasteiger partial charge in [-0.25, -0.2) is 0 Å². The Hall–Kier alpha value is -1.90. The van der Waals surface area contributed by atoms with E-state index in [1.165, 1.54) is 25.7 Å². The van der Waals surface area contributed by atoms with Crippen LogP contribution in [0.15, 0.2) is 36.5 Å². The average molecular weight is 268 g/mol. The first-order chi connectivity index (χ1) is 9.84. The lowest BCUT2D eigenvalue weighted by Gasteiger charge is -2.16. The van der Waals surface area contributed by atoms with Gasteiger partial charge in [0, 0.05) is 23.2 Å². The number of benzene rings is 1. The normalized spacial score (nSPS) is 16.8. The lowest BCUT2D eigenvalue weighted by molar-refractivity contribution is 0.0935. The average Bonchev–Trinajstić information content (AvgIpc) is 2.75. The minimum absolute atomic E-state index is 0.0375. The second kappa shape index (κ2) is 6.04. The van der Waals surface area contributed by atoms with Crippen LogP contribution >= 0.6 is 0 Å². The Balaban J connectivity index is 1.81. The van der Waals surface area contributed by atoms with E-state index >= 15 is 0 Å². The Morgan fingerprint density at radius 3 is 2.65 bits per heavy atom. The molecule has 3 nitrogen and oxygen atoms in total. The van der Waals surface area contributed by atoms with E-state index in [4.69, 9.17) is 0 Å². The highest BCUT2D eigenvalue weighted by Gasteiger charge is 2.17. The minimum Gasteiger partial charge on any atom is -0.349 e. The maximum absolute atomic E-state index is 12.5. The largest absolute Gasteiger partial charge is 0.349 e. The Kier molecular flexibility index (Phi) is 3.95. The van der Waals surface area contributed by atoms with Crippen molar-refractivity contribution in [2.45, 2.75) is 44.6 Å². The molecule has 1 fully saturated rings. The molecule has 0 radical (unpaired) electrons. The quantitative estimate of drug-likeness (QED) is 0.844. The van der Waals surface area contributed by atoms with Gasteiger partial charge in [0.1, 0.15) is 0 Å². The van der Waals surface area contributed by atoms with Crippen molar-refractivity contribution in [2.75, 3.05) is 0 Å². The third-order valence-corrected chi connectivity index (χ3v) is 4.08. The highest BCUT2D eigenvalue weighted by molar-refractivity contribution is 6.06. The zero-order chi connectivity index (χ0) is 13.8. The molecule has 0 bridgehead atoms. The topological polar surface area (TPSA) is 42.0 Å². The second-order valence-electron chi connectivity index (χ2n) is 5.54. The molecule has 0 saturated heterocycles. The minimum atomic E-state index is 0.0375.